The topological polar surface area (TPSA) is 38.9 Å². The van der Waals surface area contributed by atoms with Crippen LogP contribution in [0.5, 0.6) is 0 Å². The molecule has 3 nitrogen and oxygen atoms in total. The molecule has 4 bridgehead atoms. The predicted molar refractivity (Wildman–Crippen MR) is 265 cm³/mol. The minimum atomic E-state index is 0.0744. The van der Waals surface area contributed by atoms with E-state index in [4.69, 9.17) is 14.4 Å². The van der Waals surface area contributed by atoms with Crippen molar-refractivity contribution in [2.75, 3.05) is 0 Å². The minimum Gasteiger partial charge on any atom is -0.456 e. The summed E-state index contributed by atoms with van der Waals surface area (Å²) >= 11 is 0. The molecule has 4 saturated carbocycles. The van der Waals surface area contributed by atoms with Gasteiger partial charge in [-0.2, -0.15) is 0 Å². The number of aromatic nitrogens is 2. The molecule has 5 aliphatic rings. The molecule has 0 amide bonds. The van der Waals surface area contributed by atoms with Gasteiger partial charge >= 0.3 is 0 Å². The van der Waals surface area contributed by atoms with E-state index in [0.29, 0.717) is 11.8 Å². The van der Waals surface area contributed by atoms with Gasteiger partial charge in [-0.25, -0.2) is 9.97 Å². The lowest BCUT2D eigenvalue weighted by Gasteiger charge is -2.61. The molecular formula is C62H46N2O. The summed E-state index contributed by atoms with van der Waals surface area (Å²) in [5.74, 6) is 3.89. The van der Waals surface area contributed by atoms with Gasteiger partial charge in [0.05, 0.1) is 11.4 Å². The number of para-hydroxylation sites is 1. The van der Waals surface area contributed by atoms with Gasteiger partial charge in [-0.15, -0.1) is 0 Å². The van der Waals surface area contributed by atoms with Crippen LogP contribution < -0.4 is 0 Å². The van der Waals surface area contributed by atoms with Gasteiger partial charge in [-0.1, -0.05) is 152 Å². The number of rotatable bonds is 6. The number of benzene rings is 8. The van der Waals surface area contributed by atoms with Crippen LogP contribution in [-0.2, 0) is 5.41 Å². The summed E-state index contributed by atoms with van der Waals surface area (Å²) in [6.07, 6.45) is 6.90. The largest absolute Gasteiger partial charge is 0.456 e. The highest BCUT2D eigenvalue weighted by atomic mass is 16.3. The van der Waals surface area contributed by atoms with Crippen molar-refractivity contribution in [2.24, 2.45) is 23.7 Å². The number of hydrogen-bond donors (Lipinski definition) is 0. The second-order valence-electron chi connectivity index (χ2n) is 19.3. The molecule has 0 unspecified atom stereocenters. The fourth-order valence-corrected chi connectivity index (χ4v) is 13.3. The summed E-state index contributed by atoms with van der Waals surface area (Å²) < 4.78 is 6.35. The van der Waals surface area contributed by atoms with E-state index in [1.807, 2.05) is 12.1 Å². The first-order valence-electron chi connectivity index (χ1n) is 23.6. The molecule has 10 aromatic rings. The van der Waals surface area contributed by atoms with Crippen molar-refractivity contribution in [3.05, 3.63) is 205 Å². The van der Waals surface area contributed by atoms with Gasteiger partial charge in [0, 0.05) is 32.9 Å². The van der Waals surface area contributed by atoms with E-state index in [2.05, 4.69) is 182 Å². The fraction of sp³-hybridized carbons (Fsp3) is 0.161. The molecular weight excluding hydrogens is 789 g/mol. The zero-order valence-electron chi connectivity index (χ0n) is 36.1. The van der Waals surface area contributed by atoms with Crippen molar-refractivity contribution in [3.63, 3.8) is 0 Å². The highest BCUT2D eigenvalue weighted by Crippen LogP contribution is 2.70. The molecule has 2 aromatic heterocycles. The second kappa shape index (κ2) is 14.3. The summed E-state index contributed by atoms with van der Waals surface area (Å²) in [4.78, 5) is 10.2. The number of furan rings is 1. The monoisotopic (exact) mass is 834 g/mol. The van der Waals surface area contributed by atoms with E-state index in [0.717, 1.165) is 73.2 Å². The van der Waals surface area contributed by atoms with Crippen LogP contribution in [0.3, 0.4) is 0 Å². The molecule has 0 saturated heterocycles. The molecule has 8 aromatic carbocycles. The van der Waals surface area contributed by atoms with Crippen LogP contribution >= 0.6 is 0 Å². The molecule has 0 radical (unpaired) electrons. The van der Waals surface area contributed by atoms with Gasteiger partial charge < -0.3 is 4.42 Å². The quantitative estimate of drug-likeness (QED) is 0.167. The second-order valence-corrected chi connectivity index (χ2v) is 19.3. The Morgan fingerprint density at radius 1 is 0.354 bits per heavy atom. The van der Waals surface area contributed by atoms with E-state index >= 15 is 0 Å². The molecule has 0 atom stereocenters. The first-order chi connectivity index (χ1) is 32.1. The molecule has 65 heavy (non-hydrogen) atoms. The van der Waals surface area contributed by atoms with Crippen molar-refractivity contribution < 1.29 is 4.42 Å². The zero-order valence-corrected chi connectivity index (χ0v) is 36.1. The SMILES string of the molecule is c1ccc(-c2cc(-c3ccccc3)nc(-c3ccc(-c4cccc(-c5cc6c(cc5-c5ccc7oc8ccccc8c7c5)-c5ccccc5C65C6CC7CC(C6)CC5C7)c4)cc3)n2)cc1. The van der Waals surface area contributed by atoms with Gasteiger partial charge in [0.15, 0.2) is 5.82 Å². The van der Waals surface area contributed by atoms with E-state index in [1.165, 1.54) is 71.0 Å². The molecule has 0 N–H and O–H groups in total. The molecule has 310 valence electrons. The average molecular weight is 835 g/mol. The smallest absolute Gasteiger partial charge is 0.160 e. The lowest BCUT2D eigenvalue weighted by atomic mass is 9.43. The van der Waals surface area contributed by atoms with Crippen molar-refractivity contribution in [3.8, 4) is 78.4 Å². The molecule has 4 fully saturated rings. The van der Waals surface area contributed by atoms with Crippen molar-refractivity contribution >= 4 is 21.9 Å². The third-order valence-corrected chi connectivity index (χ3v) is 15.9. The summed E-state index contributed by atoms with van der Waals surface area (Å²) in [6.45, 7) is 0. The Morgan fingerprint density at radius 3 is 1.66 bits per heavy atom. The van der Waals surface area contributed by atoms with Crippen LogP contribution in [0.15, 0.2) is 199 Å². The van der Waals surface area contributed by atoms with Gasteiger partial charge in [-0.05, 0) is 154 Å². The minimum absolute atomic E-state index is 0.0744. The highest BCUT2D eigenvalue weighted by Gasteiger charge is 2.61. The Labute approximate surface area is 379 Å². The highest BCUT2D eigenvalue weighted by molar-refractivity contribution is 6.07. The number of hydrogen-bond acceptors (Lipinski definition) is 3. The van der Waals surface area contributed by atoms with Crippen LogP contribution in [0.2, 0.25) is 0 Å². The molecule has 5 aliphatic carbocycles. The van der Waals surface area contributed by atoms with E-state index in [9.17, 15) is 0 Å². The maximum atomic E-state index is 6.35. The summed E-state index contributed by atoms with van der Waals surface area (Å²) in [6, 6.07) is 70.9. The normalized spacial score (nSPS) is 21.3. The standard InChI is InChI=1S/C62H46N2O/c1-3-12-41(13-4-1)57-37-58(42-14-5-2-6-15-42)64-61(63-57)43-24-22-40(23-25-43)44-16-11-17-45(33-44)52-36-56-53(35-51(52)46-26-27-60-54(34-46)50-19-8-10-21-59(50)65-60)49-18-7-9-20-55(49)62(56)47-29-38-28-39(31-47)32-48(62)30-38/h1-27,33-39,47-48H,28-32H2. The van der Waals surface area contributed by atoms with Crippen molar-refractivity contribution in [2.45, 2.75) is 37.5 Å². The maximum Gasteiger partial charge on any atom is 0.160 e. The predicted octanol–water partition coefficient (Wildman–Crippen LogP) is 16.1. The molecule has 1 spiro atoms. The van der Waals surface area contributed by atoms with Crippen LogP contribution in [0, 0.1) is 23.7 Å². The van der Waals surface area contributed by atoms with E-state index < -0.39 is 0 Å². The van der Waals surface area contributed by atoms with Gasteiger partial charge in [-0.3, -0.25) is 0 Å². The van der Waals surface area contributed by atoms with Gasteiger partial charge in [0.2, 0.25) is 0 Å². The van der Waals surface area contributed by atoms with Crippen LogP contribution in [-0.4, -0.2) is 9.97 Å². The first-order valence-corrected chi connectivity index (χ1v) is 23.6. The Balaban J connectivity index is 0.914. The van der Waals surface area contributed by atoms with Crippen LogP contribution in [0.25, 0.3) is 100 Å². The Kier molecular flexibility index (Phi) is 8.17. The molecule has 15 rings (SSSR count). The Hall–Kier alpha value is -7.36. The third kappa shape index (κ3) is 5.74. The van der Waals surface area contributed by atoms with E-state index in [1.54, 1.807) is 11.1 Å². The van der Waals surface area contributed by atoms with Gasteiger partial charge in [0.1, 0.15) is 11.2 Å². The summed E-state index contributed by atoms with van der Waals surface area (Å²) in [5, 5.41) is 2.31. The van der Waals surface area contributed by atoms with Crippen LogP contribution in [0.1, 0.15) is 43.2 Å². The fourth-order valence-electron chi connectivity index (χ4n) is 13.3. The molecule has 3 heteroatoms. The van der Waals surface area contributed by atoms with E-state index in [-0.39, 0.29) is 5.41 Å². The lowest BCUT2D eigenvalue weighted by Crippen LogP contribution is -2.55. The van der Waals surface area contributed by atoms with Crippen molar-refractivity contribution in [1.29, 1.82) is 0 Å². The molecule has 2 heterocycles. The van der Waals surface area contributed by atoms with Crippen molar-refractivity contribution in [1.82, 2.24) is 9.97 Å². The third-order valence-electron chi connectivity index (χ3n) is 15.9. The number of fused-ring (bicyclic) bond motifs is 6. The maximum absolute atomic E-state index is 6.35. The summed E-state index contributed by atoms with van der Waals surface area (Å²) in [5.41, 5.74) is 20.3. The summed E-state index contributed by atoms with van der Waals surface area (Å²) in [7, 11) is 0. The zero-order chi connectivity index (χ0) is 42.6. The lowest BCUT2D eigenvalue weighted by molar-refractivity contribution is -0.0399. The average Bonchev–Trinajstić information content (AvgIpc) is 3.88. The van der Waals surface area contributed by atoms with Gasteiger partial charge in [0.25, 0.3) is 0 Å². The van der Waals surface area contributed by atoms with Crippen LogP contribution in [0.4, 0.5) is 0 Å². The Morgan fingerprint density at radius 2 is 0.923 bits per heavy atom. The first kappa shape index (κ1) is 37.1. The number of nitrogens with zero attached hydrogens (tertiary/aromatic N) is 2. The Bertz CT molecular complexity index is 3410. The molecule has 0 aliphatic heterocycles.